The van der Waals surface area contributed by atoms with E-state index in [1.165, 1.54) is 36.7 Å². The standard InChI is InChI=1S/C10H11BN2O4S/c14-11(15)9-3-5-10(6-4-9)12-18(16,17)13-7-1-2-8-13/h1-8,12,14-15H. The van der Waals surface area contributed by atoms with Crippen LogP contribution < -0.4 is 10.2 Å². The first kappa shape index (κ1) is 12.7. The molecule has 8 heteroatoms. The number of hydrogen-bond donors (Lipinski definition) is 3. The third-order valence-electron chi connectivity index (χ3n) is 2.31. The molecule has 3 N–H and O–H groups in total. The highest BCUT2D eigenvalue weighted by atomic mass is 32.2. The molecule has 0 unspecified atom stereocenters. The minimum Gasteiger partial charge on any atom is -0.423 e. The van der Waals surface area contributed by atoms with Crippen LogP contribution in [0.15, 0.2) is 48.8 Å². The Balaban J connectivity index is 2.20. The molecule has 2 rings (SSSR count). The lowest BCUT2D eigenvalue weighted by Crippen LogP contribution is -2.29. The molecule has 1 aromatic heterocycles. The Morgan fingerprint density at radius 1 is 1.06 bits per heavy atom. The number of benzene rings is 1. The van der Waals surface area contributed by atoms with E-state index in [0.29, 0.717) is 11.2 Å². The smallest absolute Gasteiger partial charge is 0.423 e. The van der Waals surface area contributed by atoms with Gasteiger partial charge >= 0.3 is 17.3 Å². The molecule has 1 heterocycles. The highest BCUT2D eigenvalue weighted by Crippen LogP contribution is 2.09. The lowest BCUT2D eigenvalue weighted by atomic mass is 9.80. The largest absolute Gasteiger partial charge is 0.488 e. The molecule has 2 aromatic rings. The summed E-state index contributed by atoms with van der Waals surface area (Å²) in [5.41, 5.74) is 0.631. The molecule has 6 nitrogen and oxygen atoms in total. The predicted octanol–water partition coefficient (Wildman–Crippen LogP) is -0.627. The summed E-state index contributed by atoms with van der Waals surface area (Å²) in [6, 6.07) is 8.97. The van der Waals surface area contributed by atoms with E-state index in [4.69, 9.17) is 10.0 Å². The lowest BCUT2D eigenvalue weighted by molar-refractivity contribution is 0.426. The van der Waals surface area contributed by atoms with Gasteiger partial charge in [0.1, 0.15) is 0 Å². The summed E-state index contributed by atoms with van der Waals surface area (Å²) in [7, 11) is -5.23. The molecule has 18 heavy (non-hydrogen) atoms. The minimum absolute atomic E-state index is 0.291. The van der Waals surface area contributed by atoms with Crippen molar-refractivity contribution < 1.29 is 18.5 Å². The van der Waals surface area contributed by atoms with E-state index >= 15 is 0 Å². The molecule has 0 bridgehead atoms. The third-order valence-corrected chi connectivity index (χ3v) is 3.60. The van der Waals surface area contributed by atoms with Gasteiger partial charge < -0.3 is 10.0 Å². The molecule has 0 amide bonds. The summed E-state index contributed by atoms with van der Waals surface area (Å²) >= 11 is 0. The van der Waals surface area contributed by atoms with Crippen LogP contribution in [0.2, 0.25) is 0 Å². The molecule has 0 saturated carbocycles. The number of aromatic nitrogens is 1. The maximum absolute atomic E-state index is 11.8. The zero-order valence-corrected chi connectivity index (χ0v) is 10.1. The number of nitrogens with zero attached hydrogens (tertiary/aromatic N) is 1. The van der Waals surface area contributed by atoms with E-state index in [9.17, 15) is 8.42 Å². The normalized spacial score (nSPS) is 11.2. The van der Waals surface area contributed by atoms with Gasteiger partial charge in [-0.15, -0.1) is 0 Å². The van der Waals surface area contributed by atoms with Gasteiger partial charge in [0.25, 0.3) is 0 Å². The summed E-state index contributed by atoms with van der Waals surface area (Å²) in [6.07, 6.45) is 2.82. The average molecular weight is 266 g/mol. The highest BCUT2D eigenvalue weighted by molar-refractivity contribution is 7.91. The molecule has 0 radical (unpaired) electrons. The molecule has 0 aliphatic rings. The third kappa shape index (κ3) is 2.73. The Bertz CT molecular complexity index is 608. The maximum Gasteiger partial charge on any atom is 0.488 e. The molecule has 0 aliphatic heterocycles. The number of rotatable bonds is 4. The summed E-state index contributed by atoms with van der Waals surface area (Å²) in [4.78, 5) is 0. The van der Waals surface area contributed by atoms with Crippen LogP contribution in [0.1, 0.15) is 0 Å². The first-order valence-corrected chi connectivity index (χ1v) is 6.55. The molecule has 0 atom stereocenters. The van der Waals surface area contributed by atoms with Gasteiger partial charge in [0.2, 0.25) is 0 Å². The van der Waals surface area contributed by atoms with Gasteiger partial charge in [-0.3, -0.25) is 4.72 Å². The summed E-state index contributed by atoms with van der Waals surface area (Å²) in [5, 5.41) is 17.8. The van der Waals surface area contributed by atoms with Crippen molar-refractivity contribution in [2.24, 2.45) is 0 Å². The van der Waals surface area contributed by atoms with Gasteiger partial charge in [0.15, 0.2) is 0 Å². The number of nitrogens with one attached hydrogen (secondary N) is 1. The molecule has 0 aliphatic carbocycles. The average Bonchev–Trinajstić information content (AvgIpc) is 2.83. The molecular formula is C10H11BN2O4S. The van der Waals surface area contributed by atoms with Crippen LogP contribution in [0.3, 0.4) is 0 Å². The Kier molecular flexibility index (Phi) is 3.42. The van der Waals surface area contributed by atoms with Crippen LogP contribution in [0.5, 0.6) is 0 Å². The molecular weight excluding hydrogens is 255 g/mol. The molecule has 94 valence electrons. The highest BCUT2D eigenvalue weighted by Gasteiger charge is 2.13. The second-order valence-corrected chi connectivity index (χ2v) is 5.19. The van der Waals surface area contributed by atoms with Crippen LogP contribution in [0.25, 0.3) is 0 Å². The van der Waals surface area contributed by atoms with E-state index in [0.717, 1.165) is 3.97 Å². The van der Waals surface area contributed by atoms with Crippen molar-refractivity contribution in [3.63, 3.8) is 0 Å². The van der Waals surface area contributed by atoms with Crippen LogP contribution >= 0.6 is 0 Å². The second kappa shape index (κ2) is 4.85. The quantitative estimate of drug-likeness (QED) is 0.643. The monoisotopic (exact) mass is 266 g/mol. The second-order valence-electron chi connectivity index (χ2n) is 3.62. The van der Waals surface area contributed by atoms with Gasteiger partial charge in [-0.2, -0.15) is 8.42 Å². The van der Waals surface area contributed by atoms with E-state index < -0.39 is 17.3 Å². The van der Waals surface area contributed by atoms with E-state index in [1.54, 1.807) is 12.1 Å². The minimum atomic E-state index is -3.66. The Morgan fingerprint density at radius 3 is 2.11 bits per heavy atom. The SMILES string of the molecule is O=S(=O)(Nc1ccc(B(O)O)cc1)n1cccc1. The van der Waals surface area contributed by atoms with Gasteiger partial charge in [0.05, 0.1) is 5.69 Å². The molecule has 0 saturated heterocycles. The van der Waals surface area contributed by atoms with Crippen LogP contribution in [0.4, 0.5) is 5.69 Å². The number of anilines is 1. The van der Waals surface area contributed by atoms with Crippen molar-refractivity contribution >= 4 is 28.5 Å². The summed E-state index contributed by atoms with van der Waals surface area (Å²) in [6.45, 7) is 0. The van der Waals surface area contributed by atoms with Crippen molar-refractivity contribution in [1.29, 1.82) is 0 Å². The van der Waals surface area contributed by atoms with Gasteiger partial charge in [-0.05, 0) is 29.7 Å². The first-order chi connectivity index (χ1) is 8.49. The van der Waals surface area contributed by atoms with Gasteiger partial charge in [-0.1, -0.05) is 12.1 Å². The first-order valence-electron chi connectivity index (χ1n) is 5.11. The lowest BCUT2D eigenvalue weighted by Gasteiger charge is -2.09. The molecule has 0 fully saturated rings. The molecule has 1 aromatic carbocycles. The van der Waals surface area contributed by atoms with Crippen molar-refractivity contribution in [1.82, 2.24) is 3.97 Å². The van der Waals surface area contributed by atoms with Crippen molar-refractivity contribution in [2.75, 3.05) is 4.72 Å². The predicted molar refractivity (Wildman–Crippen MR) is 68.6 cm³/mol. The van der Waals surface area contributed by atoms with E-state index in [2.05, 4.69) is 4.72 Å². The van der Waals surface area contributed by atoms with Gasteiger partial charge in [-0.25, -0.2) is 3.97 Å². The topological polar surface area (TPSA) is 91.6 Å². The van der Waals surface area contributed by atoms with Crippen LogP contribution in [-0.4, -0.2) is 29.6 Å². The number of hydrogen-bond acceptors (Lipinski definition) is 4. The van der Waals surface area contributed by atoms with Crippen molar-refractivity contribution in [3.05, 3.63) is 48.8 Å². The van der Waals surface area contributed by atoms with Crippen LogP contribution in [0, 0.1) is 0 Å². The Labute approximate surface area is 105 Å². The van der Waals surface area contributed by atoms with Crippen molar-refractivity contribution in [3.8, 4) is 0 Å². The fraction of sp³-hybridized carbons (Fsp3) is 0. The van der Waals surface area contributed by atoms with Gasteiger partial charge in [0, 0.05) is 12.4 Å². The fourth-order valence-electron chi connectivity index (χ4n) is 1.40. The summed E-state index contributed by atoms with van der Waals surface area (Å²) < 4.78 is 27.1. The zero-order valence-electron chi connectivity index (χ0n) is 9.26. The van der Waals surface area contributed by atoms with Crippen LogP contribution in [-0.2, 0) is 10.2 Å². The Hall–Kier alpha value is -1.77. The Morgan fingerprint density at radius 2 is 1.61 bits per heavy atom. The van der Waals surface area contributed by atoms with E-state index in [1.807, 2.05) is 0 Å². The molecule has 0 spiro atoms. The zero-order chi connectivity index (χ0) is 13.2. The van der Waals surface area contributed by atoms with E-state index in [-0.39, 0.29) is 0 Å². The van der Waals surface area contributed by atoms with Crippen molar-refractivity contribution in [2.45, 2.75) is 0 Å². The fourth-order valence-corrected chi connectivity index (χ4v) is 2.40. The maximum atomic E-state index is 11.8. The summed E-state index contributed by atoms with van der Waals surface area (Å²) in [5.74, 6) is 0.